The highest BCUT2D eigenvalue weighted by atomic mass is 16.5. The molecular formula is C22H32N2O5. The number of carbonyl (C=O) groups is 3. The first-order valence-corrected chi connectivity index (χ1v) is 10.2. The summed E-state index contributed by atoms with van der Waals surface area (Å²) in [6.45, 7) is 10.8. The minimum atomic E-state index is -0.900. The SMILES string of the molecule is CCOc1ccc(NC(=O)[C@@H](C)OC(=O)C2CCN(C(=O)C(C)(C)C)CC2)cc1. The Kier molecular flexibility index (Phi) is 7.65. The lowest BCUT2D eigenvalue weighted by molar-refractivity contribution is -0.160. The summed E-state index contributed by atoms with van der Waals surface area (Å²) in [7, 11) is 0. The number of anilines is 1. The number of nitrogens with one attached hydrogen (secondary N) is 1. The van der Waals surface area contributed by atoms with Crippen LogP contribution in [0.15, 0.2) is 24.3 Å². The van der Waals surface area contributed by atoms with Crippen molar-refractivity contribution in [3.63, 3.8) is 0 Å². The molecule has 0 radical (unpaired) electrons. The average molecular weight is 405 g/mol. The first-order valence-electron chi connectivity index (χ1n) is 10.2. The van der Waals surface area contributed by atoms with Gasteiger partial charge in [0.05, 0.1) is 12.5 Å². The summed E-state index contributed by atoms with van der Waals surface area (Å²) in [6.07, 6.45) is 0.199. The van der Waals surface area contributed by atoms with E-state index in [9.17, 15) is 14.4 Å². The summed E-state index contributed by atoms with van der Waals surface area (Å²) >= 11 is 0. The second kappa shape index (κ2) is 9.76. The predicted octanol–water partition coefficient (Wildman–Crippen LogP) is 3.24. The van der Waals surface area contributed by atoms with Crippen molar-refractivity contribution >= 4 is 23.5 Å². The molecule has 1 aliphatic heterocycles. The van der Waals surface area contributed by atoms with Gasteiger partial charge in [0.1, 0.15) is 5.75 Å². The second-order valence-electron chi connectivity index (χ2n) is 8.34. The number of ether oxygens (including phenoxy) is 2. The summed E-state index contributed by atoms with van der Waals surface area (Å²) in [4.78, 5) is 38.9. The molecule has 1 fully saturated rings. The van der Waals surface area contributed by atoms with Crippen LogP contribution in [0.5, 0.6) is 5.75 Å². The van der Waals surface area contributed by atoms with Gasteiger partial charge in [-0.1, -0.05) is 20.8 Å². The summed E-state index contributed by atoms with van der Waals surface area (Å²) in [6, 6.07) is 7.00. The number of hydrogen-bond acceptors (Lipinski definition) is 5. The van der Waals surface area contributed by atoms with Gasteiger partial charge in [-0.3, -0.25) is 14.4 Å². The zero-order valence-corrected chi connectivity index (χ0v) is 18.0. The van der Waals surface area contributed by atoms with Crippen LogP contribution in [0.25, 0.3) is 0 Å². The fourth-order valence-electron chi connectivity index (χ4n) is 3.16. The van der Waals surface area contributed by atoms with Gasteiger partial charge in [0.15, 0.2) is 6.10 Å². The third-order valence-corrected chi connectivity index (χ3v) is 4.85. The van der Waals surface area contributed by atoms with E-state index >= 15 is 0 Å². The molecule has 2 amide bonds. The highest BCUT2D eigenvalue weighted by Crippen LogP contribution is 2.24. The molecule has 2 rings (SSSR count). The topological polar surface area (TPSA) is 84.9 Å². The number of benzene rings is 1. The number of piperidine rings is 1. The Bertz CT molecular complexity index is 716. The number of carbonyl (C=O) groups excluding carboxylic acids is 3. The van der Waals surface area contributed by atoms with Gasteiger partial charge in [-0.15, -0.1) is 0 Å². The highest BCUT2D eigenvalue weighted by molar-refractivity contribution is 5.95. The van der Waals surface area contributed by atoms with Crippen LogP contribution in [0.4, 0.5) is 5.69 Å². The van der Waals surface area contributed by atoms with Crippen LogP contribution in [0.1, 0.15) is 47.5 Å². The van der Waals surface area contributed by atoms with Crippen LogP contribution in [0.2, 0.25) is 0 Å². The van der Waals surface area contributed by atoms with Crippen LogP contribution >= 0.6 is 0 Å². The quantitative estimate of drug-likeness (QED) is 0.736. The van der Waals surface area contributed by atoms with Crippen molar-refractivity contribution in [2.24, 2.45) is 11.3 Å². The first kappa shape index (κ1) is 22.7. The second-order valence-corrected chi connectivity index (χ2v) is 8.34. The largest absolute Gasteiger partial charge is 0.494 e. The zero-order valence-electron chi connectivity index (χ0n) is 18.0. The molecule has 160 valence electrons. The number of nitrogens with zero attached hydrogens (tertiary/aromatic N) is 1. The van der Waals surface area contributed by atoms with Gasteiger partial charge in [-0.25, -0.2) is 0 Å². The van der Waals surface area contributed by atoms with Crippen molar-refractivity contribution < 1.29 is 23.9 Å². The summed E-state index contributed by atoms with van der Waals surface area (Å²) in [5, 5.41) is 2.73. The van der Waals surface area contributed by atoms with Gasteiger partial charge >= 0.3 is 5.97 Å². The lowest BCUT2D eigenvalue weighted by atomic mass is 9.91. The molecule has 1 aromatic rings. The third-order valence-electron chi connectivity index (χ3n) is 4.85. The fourth-order valence-corrected chi connectivity index (χ4v) is 3.16. The van der Waals surface area contributed by atoms with Crippen LogP contribution in [0.3, 0.4) is 0 Å². The molecule has 29 heavy (non-hydrogen) atoms. The Balaban J connectivity index is 1.81. The number of hydrogen-bond donors (Lipinski definition) is 1. The third kappa shape index (κ3) is 6.48. The molecule has 0 bridgehead atoms. The van der Waals surface area contributed by atoms with E-state index in [2.05, 4.69) is 5.32 Å². The Morgan fingerprint density at radius 2 is 1.72 bits per heavy atom. The molecule has 0 aliphatic carbocycles. The highest BCUT2D eigenvalue weighted by Gasteiger charge is 2.33. The minimum absolute atomic E-state index is 0.0902. The lowest BCUT2D eigenvalue weighted by Crippen LogP contribution is -2.45. The Morgan fingerprint density at radius 3 is 2.24 bits per heavy atom. The molecule has 1 saturated heterocycles. The lowest BCUT2D eigenvalue weighted by Gasteiger charge is -2.35. The van der Waals surface area contributed by atoms with E-state index in [1.54, 1.807) is 36.1 Å². The van der Waals surface area contributed by atoms with E-state index in [0.29, 0.717) is 38.2 Å². The van der Waals surface area contributed by atoms with Gasteiger partial charge in [0, 0.05) is 24.2 Å². The molecule has 7 nitrogen and oxygen atoms in total. The molecule has 0 aromatic heterocycles. The molecule has 1 aliphatic rings. The van der Waals surface area contributed by atoms with Gasteiger partial charge in [-0.05, 0) is 51.0 Å². The summed E-state index contributed by atoms with van der Waals surface area (Å²) < 4.78 is 10.7. The van der Waals surface area contributed by atoms with Crippen molar-refractivity contribution in [2.75, 3.05) is 25.0 Å². The molecule has 1 aromatic carbocycles. The van der Waals surface area contributed by atoms with E-state index in [1.165, 1.54) is 0 Å². The van der Waals surface area contributed by atoms with E-state index in [4.69, 9.17) is 9.47 Å². The zero-order chi connectivity index (χ0) is 21.6. The molecule has 0 saturated carbocycles. The van der Waals surface area contributed by atoms with Gasteiger partial charge < -0.3 is 19.7 Å². The van der Waals surface area contributed by atoms with Gasteiger partial charge in [-0.2, -0.15) is 0 Å². The molecule has 1 N–H and O–H groups in total. The number of amides is 2. The van der Waals surface area contributed by atoms with Crippen molar-refractivity contribution in [2.45, 2.75) is 53.6 Å². The Hall–Kier alpha value is -2.57. The van der Waals surface area contributed by atoms with Crippen LogP contribution < -0.4 is 10.1 Å². The Labute approximate surface area is 172 Å². The number of rotatable bonds is 6. The number of esters is 1. The van der Waals surface area contributed by atoms with Crippen LogP contribution in [0, 0.1) is 11.3 Å². The van der Waals surface area contributed by atoms with Crippen LogP contribution in [-0.2, 0) is 19.1 Å². The average Bonchev–Trinajstić information content (AvgIpc) is 2.68. The summed E-state index contributed by atoms with van der Waals surface area (Å²) in [5.74, 6) is -0.251. The maximum absolute atomic E-state index is 12.4. The molecule has 0 spiro atoms. The standard InChI is InChI=1S/C22H32N2O5/c1-6-28-18-9-7-17(8-10-18)23-19(25)15(2)29-20(26)16-11-13-24(14-12-16)21(27)22(3,4)5/h7-10,15-16H,6,11-14H2,1-5H3,(H,23,25)/t15-/m1/s1. The van der Waals surface area contributed by atoms with Crippen molar-refractivity contribution in [1.29, 1.82) is 0 Å². The molecule has 1 heterocycles. The van der Waals surface area contributed by atoms with E-state index in [0.717, 1.165) is 5.75 Å². The van der Waals surface area contributed by atoms with Crippen molar-refractivity contribution in [3.8, 4) is 5.75 Å². The van der Waals surface area contributed by atoms with E-state index in [-0.39, 0.29) is 23.7 Å². The first-order chi connectivity index (χ1) is 13.6. The molecule has 7 heteroatoms. The Morgan fingerprint density at radius 1 is 1.14 bits per heavy atom. The summed E-state index contributed by atoms with van der Waals surface area (Å²) in [5.41, 5.74) is 0.177. The number of likely N-dealkylation sites (tertiary alicyclic amines) is 1. The van der Waals surface area contributed by atoms with Crippen LogP contribution in [-0.4, -0.2) is 48.5 Å². The maximum atomic E-state index is 12.4. The fraction of sp³-hybridized carbons (Fsp3) is 0.591. The smallest absolute Gasteiger partial charge is 0.309 e. The normalized spacial score (nSPS) is 16.1. The molecular weight excluding hydrogens is 372 g/mol. The van der Waals surface area contributed by atoms with Crippen molar-refractivity contribution in [1.82, 2.24) is 4.90 Å². The van der Waals surface area contributed by atoms with E-state index < -0.39 is 11.5 Å². The minimum Gasteiger partial charge on any atom is -0.494 e. The molecule has 0 unspecified atom stereocenters. The van der Waals surface area contributed by atoms with Crippen molar-refractivity contribution in [3.05, 3.63) is 24.3 Å². The van der Waals surface area contributed by atoms with Gasteiger partial charge in [0.25, 0.3) is 5.91 Å². The van der Waals surface area contributed by atoms with Gasteiger partial charge in [0.2, 0.25) is 5.91 Å². The van der Waals surface area contributed by atoms with E-state index in [1.807, 2.05) is 27.7 Å². The monoisotopic (exact) mass is 404 g/mol. The maximum Gasteiger partial charge on any atom is 0.309 e. The predicted molar refractivity (Wildman–Crippen MR) is 111 cm³/mol. The molecule has 1 atom stereocenters.